The Labute approximate surface area is 210 Å². The number of carbonyl (C=O) groups is 3. The van der Waals surface area contributed by atoms with Gasteiger partial charge in [-0.05, 0) is 86.7 Å². The van der Waals surface area contributed by atoms with E-state index in [1.54, 1.807) is 6.07 Å². The third-order valence-corrected chi connectivity index (χ3v) is 7.46. The number of carboxylic acids is 1. The van der Waals surface area contributed by atoms with Crippen molar-refractivity contribution in [2.24, 2.45) is 0 Å². The maximum Gasteiger partial charge on any atom is 0.337 e. The van der Waals surface area contributed by atoms with E-state index < -0.39 is 5.97 Å². The predicted octanol–water partition coefficient (Wildman–Crippen LogP) is 4.47. The van der Waals surface area contributed by atoms with E-state index in [0.29, 0.717) is 25.8 Å². The van der Waals surface area contributed by atoms with Crippen LogP contribution in [0.2, 0.25) is 0 Å². The number of hydrogen-bond acceptors (Lipinski definition) is 3. The van der Waals surface area contributed by atoms with Crippen LogP contribution in [0.3, 0.4) is 0 Å². The van der Waals surface area contributed by atoms with Gasteiger partial charge in [0.2, 0.25) is 11.8 Å². The van der Waals surface area contributed by atoms with E-state index in [9.17, 15) is 19.5 Å². The predicted molar refractivity (Wildman–Crippen MR) is 136 cm³/mol. The number of benzene rings is 1. The van der Waals surface area contributed by atoms with Crippen LogP contribution in [0.5, 0.6) is 0 Å². The number of aromatic carboxylic acids is 1. The molecule has 0 aliphatic carbocycles. The maximum atomic E-state index is 12.4. The van der Waals surface area contributed by atoms with Crippen LogP contribution in [0.25, 0.3) is 0 Å². The molecule has 0 aromatic heterocycles. The molecule has 2 amide bonds. The molecule has 0 aliphatic heterocycles. The van der Waals surface area contributed by atoms with Crippen molar-refractivity contribution in [3.63, 3.8) is 0 Å². The maximum absolute atomic E-state index is 12.4. The lowest BCUT2D eigenvalue weighted by Gasteiger charge is -2.16. The van der Waals surface area contributed by atoms with Gasteiger partial charge in [0, 0.05) is 13.7 Å². The molecule has 0 fully saturated rings. The molecule has 1 atom stereocenters. The van der Waals surface area contributed by atoms with E-state index in [0.717, 1.165) is 16.4 Å². The Morgan fingerprint density at radius 1 is 1.15 bits per heavy atom. The zero-order valence-electron chi connectivity index (χ0n) is 13.3. The number of unbranched alkanes of at least 4 members (excludes halogenated alkanes) is 1. The van der Waals surface area contributed by atoms with Gasteiger partial charge >= 0.3 is 5.97 Å². The first kappa shape index (κ1) is 24.9. The highest BCUT2D eigenvalue weighted by Crippen LogP contribution is 2.32. The van der Waals surface area contributed by atoms with Gasteiger partial charge in [-0.25, -0.2) is 4.79 Å². The molecule has 6 nitrogen and oxygen atoms in total. The molecule has 1 unspecified atom stereocenters. The third-order valence-electron chi connectivity index (χ3n) is 3.24. The highest BCUT2D eigenvalue weighted by molar-refractivity contribution is 14.1. The molecule has 0 saturated heterocycles. The molecule has 144 valence electrons. The Morgan fingerprint density at radius 3 is 2.38 bits per heavy atom. The third kappa shape index (κ3) is 7.69. The lowest BCUT2D eigenvalue weighted by Crippen LogP contribution is -2.26. The van der Waals surface area contributed by atoms with Gasteiger partial charge in [0.05, 0.1) is 18.7 Å². The number of nitrogens with one attached hydrogen (secondary N) is 2. The van der Waals surface area contributed by atoms with E-state index in [2.05, 4.69) is 55.8 Å². The second kappa shape index (κ2) is 12.4. The number of carbonyl (C=O) groups excluding carboxylic acids is 2. The number of amides is 2. The van der Waals surface area contributed by atoms with Crippen LogP contribution in [0.15, 0.2) is 6.07 Å². The largest absolute Gasteiger partial charge is 0.478 e. The summed E-state index contributed by atoms with van der Waals surface area (Å²) >= 11 is 13.5. The number of carboxylic acid groups (broad SMARTS) is 1. The van der Waals surface area contributed by atoms with Crippen molar-refractivity contribution < 1.29 is 19.5 Å². The van der Waals surface area contributed by atoms with Crippen LogP contribution in [0.4, 0.5) is 5.69 Å². The van der Waals surface area contributed by atoms with Crippen molar-refractivity contribution in [3.8, 4) is 0 Å². The first-order valence-electron chi connectivity index (χ1n) is 7.37. The van der Waals surface area contributed by atoms with Crippen LogP contribution in [-0.4, -0.2) is 39.2 Å². The Balaban J connectivity index is 2.66. The second-order valence-corrected chi connectivity index (χ2v) is 10.3. The Morgan fingerprint density at radius 2 is 1.81 bits per heavy atom. The molecule has 0 bridgehead atoms. The van der Waals surface area contributed by atoms with Gasteiger partial charge < -0.3 is 15.7 Å². The van der Waals surface area contributed by atoms with Crippen LogP contribution >= 0.6 is 102 Å². The van der Waals surface area contributed by atoms with E-state index >= 15 is 0 Å². The van der Waals surface area contributed by atoms with Gasteiger partial charge in [-0.15, -0.1) is 11.6 Å². The Bertz CT molecular complexity index is 703. The number of hydrogen-bond donors (Lipinski definition) is 3. The highest BCUT2D eigenvalue weighted by atomic mass is 127. The first-order valence-corrected chi connectivity index (χ1v) is 12.4. The first-order chi connectivity index (χ1) is 12.2. The normalized spacial score (nSPS) is 11.7. The van der Waals surface area contributed by atoms with Gasteiger partial charge in [0.1, 0.15) is 5.88 Å². The van der Waals surface area contributed by atoms with Crippen molar-refractivity contribution in [1.82, 2.24) is 5.32 Å². The summed E-state index contributed by atoms with van der Waals surface area (Å²) in [5.74, 6) is -1.44. The minimum Gasteiger partial charge on any atom is -0.478 e. The average Bonchev–Trinajstić information content (AvgIpc) is 2.56. The fraction of sp³-hybridized carbons (Fsp3) is 0.400. The average molecular weight is 830 g/mol. The van der Waals surface area contributed by atoms with Crippen molar-refractivity contribution in [2.45, 2.75) is 23.2 Å². The van der Waals surface area contributed by atoms with Crippen molar-refractivity contribution in [1.29, 1.82) is 0 Å². The fourth-order valence-corrected chi connectivity index (χ4v) is 6.75. The van der Waals surface area contributed by atoms with E-state index in [4.69, 9.17) is 11.6 Å². The van der Waals surface area contributed by atoms with Crippen molar-refractivity contribution in [3.05, 3.63) is 22.3 Å². The molecule has 0 spiro atoms. The number of alkyl halides is 2. The van der Waals surface area contributed by atoms with Crippen LogP contribution < -0.4 is 10.6 Å². The Hall–Kier alpha value is 0.840. The minimum absolute atomic E-state index is 0.0526. The molecule has 11 heteroatoms. The summed E-state index contributed by atoms with van der Waals surface area (Å²) in [5.41, 5.74) is 0.729. The summed E-state index contributed by atoms with van der Waals surface area (Å²) < 4.78 is 1.69. The van der Waals surface area contributed by atoms with Gasteiger partial charge in [-0.1, -0.05) is 29.0 Å². The van der Waals surface area contributed by atoms with Gasteiger partial charge in [-0.2, -0.15) is 0 Å². The molecule has 1 aromatic rings. The summed E-state index contributed by atoms with van der Waals surface area (Å²) in [5, 5.41) is 14.9. The summed E-state index contributed by atoms with van der Waals surface area (Å²) in [4.78, 5) is 34.9. The molecule has 0 radical (unpaired) electrons. The monoisotopic (exact) mass is 830 g/mol. The molecule has 0 saturated carbocycles. The quantitative estimate of drug-likeness (QED) is 0.195. The lowest BCUT2D eigenvalue weighted by atomic mass is 10.1. The molecule has 0 aliphatic rings. The smallest absolute Gasteiger partial charge is 0.337 e. The summed E-state index contributed by atoms with van der Waals surface area (Å²) in [6.45, 7) is 0.533. The van der Waals surface area contributed by atoms with Gasteiger partial charge in [0.25, 0.3) is 0 Å². The molecule has 26 heavy (non-hydrogen) atoms. The SMILES string of the molecule is O=C(CCl)NCCCCC(I)C(=O)Nc1c(I)cc(I)c(C(=O)O)c1I. The van der Waals surface area contributed by atoms with Crippen LogP contribution in [0.1, 0.15) is 29.6 Å². The highest BCUT2D eigenvalue weighted by Gasteiger charge is 2.22. The summed E-state index contributed by atoms with van der Waals surface area (Å²) in [7, 11) is 0. The fourth-order valence-electron chi connectivity index (χ4n) is 1.96. The number of rotatable bonds is 9. The number of anilines is 1. The van der Waals surface area contributed by atoms with Gasteiger partial charge in [0.15, 0.2) is 0 Å². The second-order valence-electron chi connectivity index (χ2n) is 5.15. The minimum atomic E-state index is -1.02. The van der Waals surface area contributed by atoms with Crippen LogP contribution in [-0.2, 0) is 9.59 Å². The lowest BCUT2D eigenvalue weighted by molar-refractivity contribution is -0.118. The molecular weight excluding hydrogens is 815 g/mol. The molecule has 1 rings (SSSR count). The number of halogens is 5. The van der Waals surface area contributed by atoms with E-state index in [-0.39, 0.29) is 27.2 Å². The van der Waals surface area contributed by atoms with Crippen LogP contribution in [0, 0.1) is 10.7 Å². The standard InChI is InChI=1S/C15H15ClI4N2O4/c16-6-10(23)21-4-2-1-3-7(17)14(24)22-13-9(19)5-8(18)11(12(13)20)15(25)26/h5,7H,1-4,6H2,(H,21,23)(H,22,24)(H,25,26). The van der Waals surface area contributed by atoms with E-state index in [1.807, 2.05) is 45.2 Å². The Kier molecular flexibility index (Phi) is 11.9. The summed E-state index contributed by atoms with van der Waals surface area (Å²) in [6.07, 6.45) is 2.20. The molecule has 0 heterocycles. The van der Waals surface area contributed by atoms with E-state index in [1.165, 1.54) is 0 Å². The summed E-state index contributed by atoms with van der Waals surface area (Å²) in [6, 6.07) is 1.74. The zero-order valence-corrected chi connectivity index (χ0v) is 22.6. The molecule has 1 aromatic carbocycles. The zero-order chi connectivity index (χ0) is 19.9. The molecule has 3 N–H and O–H groups in total. The van der Waals surface area contributed by atoms with Gasteiger partial charge in [-0.3, -0.25) is 9.59 Å². The van der Waals surface area contributed by atoms with Crippen molar-refractivity contribution >= 4 is 125 Å². The molecular formula is C15H15ClI4N2O4. The van der Waals surface area contributed by atoms with Crippen molar-refractivity contribution in [2.75, 3.05) is 17.7 Å². The topological polar surface area (TPSA) is 95.5 Å².